The molecule has 2 aromatic heterocycles. The van der Waals surface area contributed by atoms with E-state index in [0.717, 1.165) is 48.1 Å². The Balaban J connectivity index is 1.55. The van der Waals surface area contributed by atoms with Crippen molar-refractivity contribution < 1.29 is 9.53 Å². The Morgan fingerprint density at radius 3 is 2.59 bits per heavy atom. The number of fused-ring (bicyclic) bond motifs is 1. The van der Waals surface area contributed by atoms with Crippen LogP contribution in [0.25, 0.3) is 17.1 Å². The Kier molecular flexibility index (Phi) is 6.06. The van der Waals surface area contributed by atoms with E-state index in [9.17, 15) is 4.79 Å². The van der Waals surface area contributed by atoms with Crippen LogP contribution in [0.15, 0.2) is 30.6 Å². The molecule has 9 heteroatoms. The molecule has 0 unspecified atom stereocenters. The number of piperazine rings is 1. The fourth-order valence-corrected chi connectivity index (χ4v) is 3.96. The van der Waals surface area contributed by atoms with Crippen molar-refractivity contribution >= 4 is 46.2 Å². The first-order chi connectivity index (χ1) is 15.2. The SMILES string of the molecule is Cc1ccc(Cl)cc1N1CCN(c2ncnc3n[nH]c(C=CC(=O)OC(C)(C)C)c23)CC1. The molecule has 0 radical (unpaired) electrons. The van der Waals surface area contributed by atoms with Crippen LogP contribution in [0.5, 0.6) is 0 Å². The van der Waals surface area contributed by atoms with Crippen molar-refractivity contribution in [3.05, 3.63) is 46.9 Å². The van der Waals surface area contributed by atoms with Gasteiger partial charge in [0.2, 0.25) is 0 Å². The molecular formula is C23H27ClN6O2. The lowest BCUT2D eigenvalue weighted by Crippen LogP contribution is -2.47. The van der Waals surface area contributed by atoms with Crippen molar-refractivity contribution in [2.45, 2.75) is 33.3 Å². The molecular weight excluding hydrogens is 428 g/mol. The molecule has 0 saturated carbocycles. The number of nitrogens with one attached hydrogen (secondary N) is 1. The lowest BCUT2D eigenvalue weighted by atomic mass is 10.1. The van der Waals surface area contributed by atoms with Gasteiger partial charge >= 0.3 is 5.97 Å². The number of nitrogens with zero attached hydrogens (tertiary/aromatic N) is 5. The summed E-state index contributed by atoms with van der Waals surface area (Å²) in [6.07, 6.45) is 4.59. The second kappa shape index (κ2) is 8.78. The summed E-state index contributed by atoms with van der Waals surface area (Å²) in [4.78, 5) is 25.5. The third-order valence-corrected chi connectivity index (χ3v) is 5.48. The fourth-order valence-electron chi connectivity index (χ4n) is 3.79. The lowest BCUT2D eigenvalue weighted by molar-refractivity contribution is -0.148. The molecule has 1 aromatic carbocycles. The molecule has 0 atom stereocenters. The molecule has 1 N–H and O–H groups in total. The molecule has 0 spiro atoms. The summed E-state index contributed by atoms with van der Waals surface area (Å²) in [6.45, 7) is 10.9. The van der Waals surface area contributed by atoms with Gasteiger partial charge in [-0.3, -0.25) is 5.10 Å². The second-order valence-corrected chi connectivity index (χ2v) is 9.24. The van der Waals surface area contributed by atoms with Gasteiger partial charge in [-0.2, -0.15) is 5.10 Å². The van der Waals surface area contributed by atoms with Crippen LogP contribution >= 0.6 is 11.6 Å². The Bertz CT molecular complexity index is 1160. The maximum Gasteiger partial charge on any atom is 0.331 e. The smallest absolute Gasteiger partial charge is 0.331 e. The van der Waals surface area contributed by atoms with Gasteiger partial charge in [-0.15, -0.1) is 0 Å². The highest BCUT2D eigenvalue weighted by atomic mass is 35.5. The van der Waals surface area contributed by atoms with Crippen LogP contribution in [0.1, 0.15) is 32.0 Å². The Labute approximate surface area is 192 Å². The molecule has 1 aliphatic heterocycles. The quantitative estimate of drug-likeness (QED) is 0.471. The van der Waals surface area contributed by atoms with E-state index < -0.39 is 11.6 Å². The highest BCUT2D eigenvalue weighted by Gasteiger charge is 2.23. The highest BCUT2D eigenvalue weighted by molar-refractivity contribution is 6.30. The number of aryl methyl sites for hydroxylation is 1. The molecule has 8 nitrogen and oxygen atoms in total. The number of hydrogen-bond acceptors (Lipinski definition) is 7. The van der Waals surface area contributed by atoms with E-state index in [1.54, 1.807) is 6.08 Å². The number of rotatable bonds is 4. The van der Waals surface area contributed by atoms with E-state index in [4.69, 9.17) is 16.3 Å². The van der Waals surface area contributed by atoms with E-state index in [-0.39, 0.29) is 0 Å². The molecule has 0 bridgehead atoms. The number of ether oxygens (including phenoxy) is 1. The van der Waals surface area contributed by atoms with Crippen molar-refractivity contribution in [2.75, 3.05) is 36.0 Å². The summed E-state index contributed by atoms with van der Waals surface area (Å²) in [7, 11) is 0. The van der Waals surface area contributed by atoms with E-state index in [1.807, 2.05) is 39.0 Å². The zero-order valence-electron chi connectivity index (χ0n) is 18.7. The molecule has 3 aromatic rings. The van der Waals surface area contributed by atoms with Crippen LogP contribution in [0.3, 0.4) is 0 Å². The first-order valence-electron chi connectivity index (χ1n) is 10.6. The van der Waals surface area contributed by atoms with Crippen molar-refractivity contribution in [1.82, 2.24) is 20.2 Å². The largest absolute Gasteiger partial charge is 0.457 e. The van der Waals surface area contributed by atoms with Gasteiger partial charge in [-0.25, -0.2) is 14.8 Å². The normalized spacial score (nSPS) is 15.0. The number of carbonyl (C=O) groups excluding carboxylic acids is 1. The number of H-pyrrole nitrogens is 1. The Morgan fingerprint density at radius 2 is 1.88 bits per heavy atom. The van der Waals surface area contributed by atoms with Crippen molar-refractivity contribution in [1.29, 1.82) is 0 Å². The monoisotopic (exact) mass is 454 g/mol. The van der Waals surface area contributed by atoms with Crippen molar-refractivity contribution in [3.8, 4) is 0 Å². The number of benzene rings is 1. The molecule has 0 amide bonds. The predicted octanol–water partition coefficient (Wildman–Crippen LogP) is 4.00. The van der Waals surface area contributed by atoms with Crippen LogP contribution in [0.4, 0.5) is 11.5 Å². The third-order valence-electron chi connectivity index (χ3n) is 5.24. The summed E-state index contributed by atoms with van der Waals surface area (Å²) in [5, 5.41) is 8.77. The number of aromatic amines is 1. The van der Waals surface area contributed by atoms with E-state index in [0.29, 0.717) is 11.3 Å². The summed E-state index contributed by atoms with van der Waals surface area (Å²) >= 11 is 6.21. The highest BCUT2D eigenvalue weighted by Crippen LogP contribution is 2.29. The van der Waals surface area contributed by atoms with Crippen molar-refractivity contribution in [3.63, 3.8) is 0 Å². The molecule has 32 heavy (non-hydrogen) atoms. The number of anilines is 2. The second-order valence-electron chi connectivity index (χ2n) is 8.80. The number of carbonyl (C=O) groups is 1. The van der Waals surface area contributed by atoms with Gasteiger partial charge in [0.15, 0.2) is 5.65 Å². The molecule has 168 valence electrons. The lowest BCUT2D eigenvalue weighted by Gasteiger charge is -2.37. The molecule has 1 fully saturated rings. The predicted molar refractivity (Wildman–Crippen MR) is 127 cm³/mol. The zero-order valence-corrected chi connectivity index (χ0v) is 19.5. The van der Waals surface area contributed by atoms with E-state index in [2.05, 4.69) is 36.9 Å². The minimum absolute atomic E-state index is 0.413. The number of halogens is 1. The van der Waals surface area contributed by atoms with Crippen LogP contribution < -0.4 is 9.80 Å². The van der Waals surface area contributed by atoms with Crippen LogP contribution in [-0.2, 0) is 9.53 Å². The number of hydrogen-bond donors (Lipinski definition) is 1. The Morgan fingerprint density at radius 1 is 1.16 bits per heavy atom. The molecule has 3 heterocycles. The third kappa shape index (κ3) is 4.85. The van der Waals surface area contributed by atoms with Gasteiger partial charge in [-0.05, 0) is 51.5 Å². The van der Waals surface area contributed by atoms with Gasteiger partial charge in [0.25, 0.3) is 0 Å². The van der Waals surface area contributed by atoms with Crippen molar-refractivity contribution in [2.24, 2.45) is 0 Å². The maximum atomic E-state index is 12.1. The minimum Gasteiger partial charge on any atom is -0.457 e. The standard InChI is InChI=1S/C23H27ClN6O2/c1-15-5-6-16(24)13-18(15)29-9-11-30(12-10-29)22-20-17(27-28-21(20)25-14-26-22)7-8-19(31)32-23(2,3)4/h5-8,13-14H,9-12H2,1-4H3,(H,25,26,27,28). The molecule has 0 aliphatic carbocycles. The number of esters is 1. The molecule has 4 rings (SSSR count). The number of aromatic nitrogens is 4. The zero-order chi connectivity index (χ0) is 22.9. The summed E-state index contributed by atoms with van der Waals surface area (Å²) in [5.74, 6) is 0.388. The topological polar surface area (TPSA) is 87.2 Å². The average molecular weight is 455 g/mol. The average Bonchev–Trinajstić information content (AvgIpc) is 3.16. The van der Waals surface area contributed by atoms with Gasteiger partial charge in [-0.1, -0.05) is 17.7 Å². The Hall–Kier alpha value is -3.13. The van der Waals surface area contributed by atoms with E-state index in [1.165, 1.54) is 18.0 Å². The van der Waals surface area contributed by atoms with Gasteiger partial charge < -0.3 is 14.5 Å². The first-order valence-corrected chi connectivity index (χ1v) is 11.0. The van der Waals surface area contributed by atoms with Crippen LogP contribution in [0.2, 0.25) is 5.02 Å². The fraction of sp³-hybridized carbons (Fsp3) is 0.391. The summed E-state index contributed by atoms with van der Waals surface area (Å²) in [6, 6.07) is 5.98. The van der Waals surface area contributed by atoms with Crippen LogP contribution in [-0.4, -0.2) is 57.9 Å². The first kappa shape index (κ1) is 22.1. The summed E-state index contributed by atoms with van der Waals surface area (Å²) < 4.78 is 5.35. The van der Waals surface area contributed by atoms with Crippen LogP contribution in [0, 0.1) is 6.92 Å². The van der Waals surface area contributed by atoms with E-state index >= 15 is 0 Å². The molecule has 1 saturated heterocycles. The van der Waals surface area contributed by atoms with Gasteiger partial charge in [0.1, 0.15) is 17.7 Å². The maximum absolute atomic E-state index is 12.1. The minimum atomic E-state index is -0.549. The summed E-state index contributed by atoms with van der Waals surface area (Å²) in [5.41, 5.74) is 3.06. The molecule has 1 aliphatic rings. The van der Waals surface area contributed by atoms with Gasteiger partial charge in [0, 0.05) is 43.0 Å². The van der Waals surface area contributed by atoms with Gasteiger partial charge in [0.05, 0.1) is 11.1 Å².